The highest BCUT2D eigenvalue weighted by Gasteiger charge is 2.32. The third-order valence-corrected chi connectivity index (χ3v) is 6.37. The van der Waals surface area contributed by atoms with Crippen LogP contribution in [-0.4, -0.2) is 43.4 Å². The lowest BCUT2D eigenvalue weighted by Gasteiger charge is -2.28. The van der Waals surface area contributed by atoms with Crippen molar-refractivity contribution in [2.24, 2.45) is 0 Å². The third-order valence-electron chi connectivity index (χ3n) is 4.62. The number of rotatable bonds is 6. The van der Waals surface area contributed by atoms with Crippen LogP contribution in [0.2, 0.25) is 0 Å². The van der Waals surface area contributed by atoms with Crippen molar-refractivity contribution in [3.63, 3.8) is 0 Å². The molecule has 1 amide bonds. The Balaban J connectivity index is 1.64. The lowest BCUT2D eigenvalue weighted by Crippen LogP contribution is -2.36. The van der Waals surface area contributed by atoms with E-state index in [2.05, 4.69) is 10.3 Å². The molecule has 0 bridgehead atoms. The van der Waals surface area contributed by atoms with Gasteiger partial charge in [0.2, 0.25) is 5.91 Å². The fourth-order valence-corrected chi connectivity index (χ4v) is 5.01. The van der Waals surface area contributed by atoms with Gasteiger partial charge < -0.3 is 10.2 Å². The number of sulfone groups is 1. The standard InChI is InChI=1S/C19H22FN3O3S/c1-2-23(16-9-10-27(25,26)13-16)18-8-7-15(12-21-18)22-19(24)11-14-5-3-4-6-17(14)20/h3-8,12,16H,2,9-11,13H2,1H3,(H,22,24). The van der Waals surface area contributed by atoms with Crippen LogP contribution in [0.3, 0.4) is 0 Å². The maximum Gasteiger partial charge on any atom is 0.228 e. The van der Waals surface area contributed by atoms with Crippen LogP contribution in [-0.2, 0) is 21.1 Å². The second-order valence-electron chi connectivity index (χ2n) is 6.56. The summed E-state index contributed by atoms with van der Waals surface area (Å²) in [7, 11) is -2.97. The van der Waals surface area contributed by atoms with Crippen molar-refractivity contribution >= 4 is 27.2 Å². The maximum absolute atomic E-state index is 13.6. The third kappa shape index (κ3) is 4.82. The molecular formula is C19H22FN3O3S. The molecule has 1 unspecified atom stereocenters. The molecule has 1 aliphatic rings. The highest BCUT2D eigenvalue weighted by Crippen LogP contribution is 2.23. The molecule has 0 spiro atoms. The second kappa shape index (κ2) is 8.04. The van der Waals surface area contributed by atoms with Crippen molar-refractivity contribution < 1.29 is 17.6 Å². The Labute approximate surface area is 158 Å². The number of amides is 1. The summed E-state index contributed by atoms with van der Waals surface area (Å²) in [4.78, 5) is 18.4. The first kappa shape index (κ1) is 19.3. The van der Waals surface area contributed by atoms with Crippen molar-refractivity contribution in [1.29, 1.82) is 0 Å². The Hall–Kier alpha value is -2.48. The summed E-state index contributed by atoms with van der Waals surface area (Å²) >= 11 is 0. The number of pyridine rings is 1. The van der Waals surface area contributed by atoms with E-state index < -0.39 is 15.7 Å². The summed E-state index contributed by atoms with van der Waals surface area (Å²) in [5.74, 6) is 0.281. The molecule has 1 saturated heterocycles. The quantitative estimate of drug-likeness (QED) is 0.818. The van der Waals surface area contributed by atoms with Crippen LogP contribution in [0.15, 0.2) is 42.6 Å². The molecule has 6 nitrogen and oxygen atoms in total. The Bertz CT molecular complexity index is 916. The normalized spacial score (nSPS) is 18.2. The molecule has 1 fully saturated rings. The summed E-state index contributed by atoms with van der Waals surface area (Å²) in [6, 6.07) is 9.56. The van der Waals surface area contributed by atoms with Crippen LogP contribution in [0.25, 0.3) is 0 Å². The van der Waals surface area contributed by atoms with Gasteiger partial charge in [0.1, 0.15) is 11.6 Å². The van der Waals surface area contributed by atoms with E-state index in [4.69, 9.17) is 0 Å². The zero-order chi connectivity index (χ0) is 19.4. The highest BCUT2D eigenvalue weighted by atomic mass is 32.2. The minimum Gasteiger partial charge on any atom is -0.353 e. The van der Waals surface area contributed by atoms with Crippen LogP contribution >= 0.6 is 0 Å². The van der Waals surface area contributed by atoms with Crippen molar-refractivity contribution in [1.82, 2.24) is 4.98 Å². The topological polar surface area (TPSA) is 79.4 Å². The van der Waals surface area contributed by atoms with Gasteiger partial charge in [-0.1, -0.05) is 18.2 Å². The molecule has 1 aromatic carbocycles. The first-order chi connectivity index (χ1) is 12.9. The molecule has 8 heteroatoms. The smallest absolute Gasteiger partial charge is 0.228 e. The predicted octanol–water partition coefficient (Wildman–Crippen LogP) is 2.42. The van der Waals surface area contributed by atoms with Crippen LogP contribution in [0.5, 0.6) is 0 Å². The zero-order valence-corrected chi connectivity index (χ0v) is 15.9. The van der Waals surface area contributed by atoms with Gasteiger partial charge >= 0.3 is 0 Å². The summed E-state index contributed by atoms with van der Waals surface area (Å²) in [5.41, 5.74) is 0.842. The molecule has 0 saturated carbocycles. The van der Waals surface area contributed by atoms with Crippen LogP contribution < -0.4 is 10.2 Å². The average Bonchev–Trinajstić information content (AvgIpc) is 2.99. The molecule has 1 atom stereocenters. The van der Waals surface area contributed by atoms with E-state index in [-0.39, 0.29) is 29.9 Å². The van der Waals surface area contributed by atoms with Crippen molar-refractivity contribution in [3.05, 3.63) is 54.0 Å². The molecule has 2 heterocycles. The molecule has 27 heavy (non-hydrogen) atoms. The van der Waals surface area contributed by atoms with Gasteiger partial charge in [-0.25, -0.2) is 17.8 Å². The Morgan fingerprint density at radius 2 is 2.07 bits per heavy atom. The fourth-order valence-electron chi connectivity index (χ4n) is 3.28. The second-order valence-corrected chi connectivity index (χ2v) is 8.79. The maximum atomic E-state index is 13.6. The van der Waals surface area contributed by atoms with Gasteiger partial charge in [-0.15, -0.1) is 0 Å². The minimum absolute atomic E-state index is 0.0601. The number of nitrogens with zero attached hydrogens (tertiary/aromatic N) is 2. The van der Waals surface area contributed by atoms with Gasteiger partial charge in [0.25, 0.3) is 0 Å². The lowest BCUT2D eigenvalue weighted by atomic mass is 10.1. The van der Waals surface area contributed by atoms with Crippen molar-refractivity contribution in [2.75, 3.05) is 28.3 Å². The largest absolute Gasteiger partial charge is 0.353 e. The average molecular weight is 391 g/mol. The monoisotopic (exact) mass is 391 g/mol. The van der Waals surface area contributed by atoms with Crippen molar-refractivity contribution in [2.45, 2.75) is 25.8 Å². The van der Waals surface area contributed by atoms with E-state index in [0.717, 1.165) is 0 Å². The van der Waals surface area contributed by atoms with Gasteiger partial charge in [-0.2, -0.15) is 0 Å². The number of nitrogens with one attached hydrogen (secondary N) is 1. The van der Waals surface area contributed by atoms with Crippen LogP contribution in [0.1, 0.15) is 18.9 Å². The number of aromatic nitrogens is 1. The summed E-state index contributed by atoms with van der Waals surface area (Å²) in [5, 5.41) is 2.70. The summed E-state index contributed by atoms with van der Waals surface area (Å²) < 4.78 is 37.1. The van der Waals surface area contributed by atoms with E-state index in [1.807, 2.05) is 11.8 Å². The Kier molecular flexibility index (Phi) is 5.74. The Morgan fingerprint density at radius 1 is 1.30 bits per heavy atom. The number of hydrogen-bond donors (Lipinski definition) is 1. The zero-order valence-electron chi connectivity index (χ0n) is 15.1. The molecule has 3 rings (SSSR count). The number of benzene rings is 1. The molecule has 0 aliphatic carbocycles. The van der Waals surface area contributed by atoms with Crippen LogP contribution in [0.4, 0.5) is 15.9 Å². The van der Waals surface area contributed by atoms with Gasteiger partial charge in [0, 0.05) is 12.6 Å². The van der Waals surface area contributed by atoms with E-state index in [1.54, 1.807) is 30.3 Å². The number of carbonyl (C=O) groups excluding carboxylic acids is 1. The van der Waals surface area contributed by atoms with E-state index in [0.29, 0.717) is 30.0 Å². The molecule has 1 aromatic heterocycles. The molecular weight excluding hydrogens is 369 g/mol. The van der Waals surface area contributed by atoms with Crippen LogP contribution in [0, 0.1) is 5.82 Å². The SMILES string of the molecule is CCN(c1ccc(NC(=O)Cc2ccccc2F)cn1)C1CCS(=O)(=O)C1. The first-order valence-electron chi connectivity index (χ1n) is 8.84. The van der Waals surface area contributed by atoms with Gasteiger partial charge in [-0.3, -0.25) is 4.79 Å². The summed E-state index contributed by atoms with van der Waals surface area (Å²) in [6.07, 6.45) is 2.06. The predicted molar refractivity (Wildman–Crippen MR) is 103 cm³/mol. The number of halogens is 1. The van der Waals surface area contributed by atoms with Crippen molar-refractivity contribution in [3.8, 4) is 0 Å². The molecule has 1 N–H and O–H groups in total. The van der Waals surface area contributed by atoms with Gasteiger partial charge in [0.15, 0.2) is 9.84 Å². The van der Waals surface area contributed by atoms with E-state index in [9.17, 15) is 17.6 Å². The molecule has 2 aromatic rings. The van der Waals surface area contributed by atoms with E-state index in [1.165, 1.54) is 12.3 Å². The Morgan fingerprint density at radius 3 is 2.67 bits per heavy atom. The highest BCUT2D eigenvalue weighted by molar-refractivity contribution is 7.91. The lowest BCUT2D eigenvalue weighted by molar-refractivity contribution is -0.115. The number of carbonyl (C=O) groups is 1. The molecule has 0 radical (unpaired) electrons. The fraction of sp³-hybridized carbons (Fsp3) is 0.368. The first-order valence-corrected chi connectivity index (χ1v) is 10.7. The summed E-state index contributed by atoms with van der Waals surface area (Å²) in [6.45, 7) is 2.60. The molecule has 1 aliphatic heterocycles. The van der Waals surface area contributed by atoms with Gasteiger partial charge in [-0.05, 0) is 37.1 Å². The molecule has 144 valence electrons. The van der Waals surface area contributed by atoms with E-state index >= 15 is 0 Å². The number of anilines is 2. The number of hydrogen-bond acceptors (Lipinski definition) is 5. The minimum atomic E-state index is -2.97. The van der Waals surface area contributed by atoms with Gasteiger partial charge in [0.05, 0.1) is 29.8 Å².